The third kappa shape index (κ3) is 9.91. The van der Waals surface area contributed by atoms with Crippen molar-refractivity contribution in [3.05, 3.63) is 0 Å². The number of aliphatic hydroxyl groups excluding tert-OH is 1. The van der Waals surface area contributed by atoms with Gasteiger partial charge in [0.05, 0.1) is 12.7 Å². The van der Waals surface area contributed by atoms with Gasteiger partial charge in [0.25, 0.3) is 0 Å². The lowest BCUT2D eigenvalue weighted by molar-refractivity contribution is 0.0935. The molecule has 0 aromatic carbocycles. The van der Waals surface area contributed by atoms with Gasteiger partial charge in [-0.2, -0.15) is 8.42 Å². The van der Waals surface area contributed by atoms with E-state index in [2.05, 4.69) is 11.1 Å². The van der Waals surface area contributed by atoms with Crippen LogP contribution in [0.15, 0.2) is 0 Å². The smallest absolute Gasteiger partial charge is 0.391 e. The average Bonchev–Trinajstić information content (AvgIpc) is 2.08. The minimum atomic E-state index is -4.41. The Hall–Kier alpha value is -0.170. The van der Waals surface area contributed by atoms with Gasteiger partial charge in [0.2, 0.25) is 0 Å². The molecule has 0 amide bonds. The fraction of sp³-hybridized carbons (Fsp3) is 1.00. The van der Waals surface area contributed by atoms with E-state index in [1.807, 2.05) is 0 Å². The number of unbranched alkanes of at least 4 members (excludes halogenated alkanes) is 3. The maximum atomic E-state index is 10.1. The first-order valence-corrected chi connectivity index (χ1v) is 6.12. The number of aliphatic hydroxyl groups is 1. The van der Waals surface area contributed by atoms with Crippen LogP contribution in [0.2, 0.25) is 0 Å². The van der Waals surface area contributed by atoms with Crippen molar-refractivity contribution in [1.82, 2.24) is 0 Å². The van der Waals surface area contributed by atoms with Crippen LogP contribution in [-0.4, -0.2) is 30.8 Å². The standard InChI is InChI=1S/C8H18O5S/c1-2-3-4-5-6-8(9)7-13-14(10,11)12/h8-9H,2-7H2,1H3,(H,10,11,12). The second-order valence-electron chi connectivity index (χ2n) is 3.22. The van der Waals surface area contributed by atoms with E-state index in [1.54, 1.807) is 0 Å². The molecule has 0 aromatic heterocycles. The van der Waals surface area contributed by atoms with Crippen LogP contribution in [0.5, 0.6) is 0 Å². The predicted octanol–water partition coefficient (Wildman–Crippen LogP) is 1.14. The van der Waals surface area contributed by atoms with E-state index in [-0.39, 0.29) is 6.61 Å². The highest BCUT2D eigenvalue weighted by Crippen LogP contribution is 2.06. The Morgan fingerprint density at radius 2 is 1.93 bits per heavy atom. The molecule has 1 atom stereocenters. The quantitative estimate of drug-likeness (QED) is 0.479. The van der Waals surface area contributed by atoms with Crippen molar-refractivity contribution in [1.29, 1.82) is 0 Å². The highest BCUT2D eigenvalue weighted by molar-refractivity contribution is 7.80. The largest absolute Gasteiger partial charge is 0.397 e. The van der Waals surface area contributed by atoms with E-state index in [1.165, 1.54) is 0 Å². The molecule has 1 unspecified atom stereocenters. The molecule has 0 aliphatic carbocycles. The third-order valence-electron chi connectivity index (χ3n) is 1.80. The van der Waals surface area contributed by atoms with E-state index >= 15 is 0 Å². The number of hydrogen-bond donors (Lipinski definition) is 2. The molecular weight excluding hydrogens is 208 g/mol. The third-order valence-corrected chi connectivity index (χ3v) is 2.23. The molecule has 0 saturated heterocycles. The van der Waals surface area contributed by atoms with Crippen LogP contribution < -0.4 is 0 Å². The molecule has 0 fully saturated rings. The maximum absolute atomic E-state index is 10.1. The Bertz CT molecular complexity index is 224. The number of rotatable bonds is 8. The summed E-state index contributed by atoms with van der Waals surface area (Å²) in [5.74, 6) is 0. The van der Waals surface area contributed by atoms with E-state index in [4.69, 9.17) is 4.55 Å². The highest BCUT2D eigenvalue weighted by Gasteiger charge is 2.10. The zero-order chi connectivity index (χ0) is 11.0. The lowest BCUT2D eigenvalue weighted by Gasteiger charge is -2.08. The summed E-state index contributed by atoms with van der Waals surface area (Å²) in [6, 6.07) is 0. The monoisotopic (exact) mass is 226 g/mol. The first kappa shape index (κ1) is 13.8. The molecule has 0 radical (unpaired) electrons. The molecular formula is C8H18O5S. The minimum Gasteiger partial charge on any atom is -0.391 e. The Balaban J connectivity index is 3.42. The Labute approximate surface area is 85.0 Å². The minimum absolute atomic E-state index is 0.370. The SMILES string of the molecule is CCCCCCC(O)COS(=O)(=O)O. The van der Waals surface area contributed by atoms with E-state index in [0.717, 1.165) is 25.7 Å². The lowest BCUT2D eigenvalue weighted by atomic mass is 10.1. The van der Waals surface area contributed by atoms with Crippen LogP contribution in [0, 0.1) is 0 Å². The summed E-state index contributed by atoms with van der Waals surface area (Å²) in [4.78, 5) is 0. The van der Waals surface area contributed by atoms with Crippen LogP contribution in [0.3, 0.4) is 0 Å². The molecule has 86 valence electrons. The van der Waals surface area contributed by atoms with Gasteiger partial charge in [-0.05, 0) is 6.42 Å². The van der Waals surface area contributed by atoms with Crippen molar-refractivity contribution in [2.24, 2.45) is 0 Å². The van der Waals surface area contributed by atoms with Crippen LogP contribution >= 0.6 is 0 Å². The summed E-state index contributed by atoms with van der Waals surface area (Å²) >= 11 is 0. The van der Waals surface area contributed by atoms with E-state index in [9.17, 15) is 13.5 Å². The predicted molar refractivity (Wildman–Crippen MR) is 52.3 cm³/mol. The molecule has 14 heavy (non-hydrogen) atoms. The molecule has 6 heteroatoms. The Morgan fingerprint density at radius 1 is 1.29 bits per heavy atom. The molecule has 5 nitrogen and oxygen atoms in total. The van der Waals surface area contributed by atoms with Crippen molar-refractivity contribution in [3.8, 4) is 0 Å². The van der Waals surface area contributed by atoms with Gasteiger partial charge in [-0.25, -0.2) is 4.18 Å². The molecule has 2 N–H and O–H groups in total. The fourth-order valence-corrected chi connectivity index (χ4v) is 1.38. The number of hydrogen-bond acceptors (Lipinski definition) is 4. The van der Waals surface area contributed by atoms with Gasteiger partial charge < -0.3 is 5.11 Å². The summed E-state index contributed by atoms with van der Waals surface area (Å²) < 4.78 is 32.5. The van der Waals surface area contributed by atoms with E-state index < -0.39 is 16.5 Å². The van der Waals surface area contributed by atoms with Gasteiger partial charge in [0, 0.05) is 0 Å². The summed E-state index contributed by atoms with van der Waals surface area (Å²) in [6.07, 6.45) is 3.73. The van der Waals surface area contributed by atoms with Gasteiger partial charge in [0.1, 0.15) is 0 Å². The summed E-state index contributed by atoms with van der Waals surface area (Å²) in [5, 5.41) is 9.21. The van der Waals surface area contributed by atoms with Gasteiger partial charge in [0.15, 0.2) is 0 Å². The molecule has 0 spiro atoms. The van der Waals surface area contributed by atoms with Crippen LogP contribution in [-0.2, 0) is 14.6 Å². The summed E-state index contributed by atoms with van der Waals surface area (Å²) in [5.41, 5.74) is 0. The molecule has 0 bridgehead atoms. The Kier molecular flexibility index (Phi) is 7.08. The second kappa shape index (κ2) is 7.17. The molecule has 0 aliphatic rings. The molecule has 0 rings (SSSR count). The fourth-order valence-electron chi connectivity index (χ4n) is 1.05. The second-order valence-corrected chi connectivity index (χ2v) is 4.31. The van der Waals surface area contributed by atoms with Crippen LogP contribution in [0.4, 0.5) is 0 Å². The summed E-state index contributed by atoms with van der Waals surface area (Å²) in [6.45, 7) is 1.71. The topological polar surface area (TPSA) is 83.8 Å². The molecule has 0 heterocycles. The summed E-state index contributed by atoms with van der Waals surface area (Å²) in [7, 11) is -4.41. The zero-order valence-electron chi connectivity index (χ0n) is 8.35. The average molecular weight is 226 g/mol. The molecule has 0 saturated carbocycles. The van der Waals surface area contributed by atoms with Gasteiger partial charge in [-0.1, -0.05) is 32.6 Å². The maximum Gasteiger partial charge on any atom is 0.397 e. The molecule has 0 aromatic rings. The normalized spacial score (nSPS) is 14.2. The Morgan fingerprint density at radius 3 is 2.43 bits per heavy atom. The first-order valence-electron chi connectivity index (χ1n) is 4.75. The van der Waals surface area contributed by atoms with E-state index in [0.29, 0.717) is 6.42 Å². The van der Waals surface area contributed by atoms with Crippen molar-refractivity contribution in [3.63, 3.8) is 0 Å². The van der Waals surface area contributed by atoms with Crippen LogP contribution in [0.25, 0.3) is 0 Å². The van der Waals surface area contributed by atoms with Gasteiger partial charge in [-0.15, -0.1) is 0 Å². The van der Waals surface area contributed by atoms with Gasteiger partial charge in [-0.3, -0.25) is 4.55 Å². The van der Waals surface area contributed by atoms with Gasteiger partial charge >= 0.3 is 10.4 Å². The van der Waals surface area contributed by atoms with Crippen LogP contribution in [0.1, 0.15) is 39.0 Å². The zero-order valence-corrected chi connectivity index (χ0v) is 9.16. The van der Waals surface area contributed by atoms with Crippen molar-refractivity contribution >= 4 is 10.4 Å². The molecule has 0 aliphatic heterocycles. The van der Waals surface area contributed by atoms with Crippen molar-refractivity contribution < 1.29 is 22.3 Å². The first-order chi connectivity index (χ1) is 6.45. The van der Waals surface area contributed by atoms with Crippen molar-refractivity contribution in [2.45, 2.75) is 45.1 Å². The lowest BCUT2D eigenvalue weighted by Crippen LogP contribution is -2.18. The van der Waals surface area contributed by atoms with Crippen molar-refractivity contribution in [2.75, 3.05) is 6.61 Å². The highest BCUT2D eigenvalue weighted by atomic mass is 32.3.